The predicted octanol–water partition coefficient (Wildman–Crippen LogP) is 9.72. The van der Waals surface area contributed by atoms with E-state index in [2.05, 4.69) is 6.92 Å². The van der Waals surface area contributed by atoms with Gasteiger partial charge in [-0.25, -0.2) is 17.6 Å². The minimum absolute atomic E-state index is 0.0390. The molecule has 0 fully saturated rings. The molecule has 0 spiro atoms. The molecule has 187 valence electrons. The monoisotopic (exact) mass is 489 g/mol. The largest absolute Gasteiger partial charge is 0.286 e. The van der Waals surface area contributed by atoms with Gasteiger partial charge in [-0.2, -0.15) is 4.39 Å². The summed E-state index contributed by atoms with van der Waals surface area (Å²) in [4.78, 5) is 0. The molecule has 1 radical (unpaired) electrons. The van der Waals surface area contributed by atoms with Crippen molar-refractivity contribution >= 4 is 0 Å². The third-order valence-corrected chi connectivity index (χ3v) is 6.37. The van der Waals surface area contributed by atoms with E-state index in [1.54, 1.807) is 19.1 Å². The molecule has 0 atom stereocenters. The highest BCUT2D eigenvalue weighted by molar-refractivity contribution is 5.90. The molecular formula is C29H30F5O. The zero-order valence-corrected chi connectivity index (χ0v) is 20.1. The summed E-state index contributed by atoms with van der Waals surface area (Å²) in [6, 6.07) is 8.36. The Morgan fingerprint density at radius 2 is 1.20 bits per heavy atom. The van der Waals surface area contributed by atoms with Gasteiger partial charge in [0.25, 0.3) is 0 Å². The number of benzene rings is 3. The molecule has 0 amide bonds. The highest BCUT2D eigenvalue weighted by Crippen LogP contribution is 2.45. The average molecular weight is 490 g/mol. The lowest BCUT2D eigenvalue weighted by Gasteiger charge is -2.18. The van der Waals surface area contributed by atoms with Gasteiger partial charge in [-0.15, -0.1) is 0 Å². The number of hydrogen-bond acceptors (Lipinski definition) is 0. The molecule has 0 bridgehead atoms. The first-order valence-corrected chi connectivity index (χ1v) is 12.2. The van der Waals surface area contributed by atoms with E-state index >= 15 is 0 Å². The third-order valence-electron chi connectivity index (χ3n) is 6.37. The molecule has 0 aliphatic rings. The normalized spacial score (nSPS) is 11.3. The minimum atomic E-state index is -1.70. The summed E-state index contributed by atoms with van der Waals surface area (Å²) in [6.07, 6.45) is 9.20. The van der Waals surface area contributed by atoms with Gasteiger partial charge in [0.05, 0.1) is 0 Å². The Kier molecular flexibility index (Phi) is 9.30. The van der Waals surface area contributed by atoms with E-state index in [1.807, 2.05) is 12.1 Å². The Labute approximate surface area is 203 Å². The lowest BCUT2D eigenvalue weighted by atomic mass is 9.87. The van der Waals surface area contributed by atoms with Crippen LogP contribution in [0.4, 0.5) is 22.0 Å². The number of rotatable bonds is 11. The molecule has 35 heavy (non-hydrogen) atoms. The van der Waals surface area contributed by atoms with Gasteiger partial charge in [-0.1, -0.05) is 76.6 Å². The quantitative estimate of drug-likeness (QED) is 0.145. The molecule has 0 saturated carbocycles. The van der Waals surface area contributed by atoms with Crippen molar-refractivity contribution in [3.05, 3.63) is 76.6 Å². The topological polar surface area (TPSA) is 19.9 Å². The van der Waals surface area contributed by atoms with E-state index in [0.717, 1.165) is 24.8 Å². The lowest BCUT2D eigenvalue weighted by molar-refractivity contribution is 0.321. The molecule has 3 aromatic rings. The summed E-state index contributed by atoms with van der Waals surface area (Å²) >= 11 is 0. The average Bonchev–Trinajstić information content (AvgIpc) is 2.85. The molecule has 3 aromatic carbocycles. The number of aryl methyl sites for hydroxylation is 1. The molecule has 0 aliphatic heterocycles. The molecule has 3 rings (SSSR count). The number of unbranched alkanes of at least 4 members (excludes halogenated alkanes) is 6. The first-order valence-electron chi connectivity index (χ1n) is 12.2. The van der Waals surface area contributed by atoms with Gasteiger partial charge in [0.2, 0.25) is 11.6 Å². The predicted molar refractivity (Wildman–Crippen MR) is 128 cm³/mol. The molecule has 0 unspecified atom stereocenters. The molecular weight excluding hydrogens is 459 g/mol. The van der Waals surface area contributed by atoms with Crippen LogP contribution in [0, 0.1) is 29.1 Å². The molecule has 0 N–H and O–H groups in total. The second-order valence-electron chi connectivity index (χ2n) is 8.86. The maximum atomic E-state index is 14.7. The summed E-state index contributed by atoms with van der Waals surface area (Å²) in [5, 5.41) is 12.7. The molecule has 0 aromatic heterocycles. The van der Waals surface area contributed by atoms with Gasteiger partial charge in [0.1, 0.15) is 0 Å². The van der Waals surface area contributed by atoms with E-state index in [1.165, 1.54) is 32.1 Å². The maximum Gasteiger partial charge on any atom is 0.225 e. The highest BCUT2D eigenvalue weighted by Gasteiger charge is 2.28. The molecule has 0 aliphatic carbocycles. The smallest absolute Gasteiger partial charge is 0.225 e. The maximum absolute atomic E-state index is 14.7. The van der Waals surface area contributed by atoms with Crippen LogP contribution >= 0.6 is 0 Å². The van der Waals surface area contributed by atoms with Crippen molar-refractivity contribution in [3.8, 4) is 28.0 Å². The molecule has 0 heterocycles. The van der Waals surface area contributed by atoms with Gasteiger partial charge in [-0.3, -0.25) is 5.11 Å². The Bertz CT molecular complexity index is 1130. The molecule has 1 nitrogen and oxygen atoms in total. The minimum Gasteiger partial charge on any atom is -0.286 e. The van der Waals surface area contributed by atoms with Crippen molar-refractivity contribution in [2.45, 2.75) is 71.6 Å². The Balaban J connectivity index is 1.95. The first kappa shape index (κ1) is 26.7. The second-order valence-corrected chi connectivity index (χ2v) is 8.86. The van der Waals surface area contributed by atoms with Gasteiger partial charge in [0.15, 0.2) is 23.3 Å². The van der Waals surface area contributed by atoms with Crippen LogP contribution in [0.3, 0.4) is 0 Å². The summed E-state index contributed by atoms with van der Waals surface area (Å²) < 4.78 is 70.7. The fourth-order valence-electron chi connectivity index (χ4n) is 4.47. The summed E-state index contributed by atoms with van der Waals surface area (Å²) in [6.45, 7) is 3.78. The van der Waals surface area contributed by atoms with Crippen molar-refractivity contribution in [2.75, 3.05) is 0 Å². The van der Waals surface area contributed by atoms with Crippen LogP contribution in [0.1, 0.15) is 69.9 Å². The van der Waals surface area contributed by atoms with E-state index < -0.39 is 40.4 Å². The van der Waals surface area contributed by atoms with Crippen LogP contribution < -0.4 is 0 Å². The fraction of sp³-hybridized carbons (Fsp3) is 0.379. The second kappa shape index (κ2) is 12.2. The Morgan fingerprint density at radius 1 is 0.629 bits per heavy atom. The van der Waals surface area contributed by atoms with Crippen molar-refractivity contribution in [1.29, 1.82) is 0 Å². The van der Waals surface area contributed by atoms with E-state index in [-0.39, 0.29) is 23.1 Å². The van der Waals surface area contributed by atoms with Crippen LogP contribution in [0.25, 0.3) is 22.3 Å². The van der Waals surface area contributed by atoms with Crippen molar-refractivity contribution in [2.24, 2.45) is 0 Å². The van der Waals surface area contributed by atoms with E-state index in [4.69, 9.17) is 0 Å². The lowest BCUT2D eigenvalue weighted by Crippen LogP contribution is -2.02. The van der Waals surface area contributed by atoms with Crippen LogP contribution in [0.15, 0.2) is 36.4 Å². The van der Waals surface area contributed by atoms with Crippen molar-refractivity contribution in [1.82, 2.24) is 0 Å². The van der Waals surface area contributed by atoms with Gasteiger partial charge in [0, 0.05) is 5.56 Å². The number of halogens is 5. The van der Waals surface area contributed by atoms with Gasteiger partial charge >= 0.3 is 0 Å². The Hall–Kier alpha value is -2.89. The molecule has 6 heteroatoms. The van der Waals surface area contributed by atoms with Crippen LogP contribution in [0.2, 0.25) is 0 Å². The highest BCUT2D eigenvalue weighted by atomic mass is 19.2. The number of hydrogen-bond donors (Lipinski definition) is 0. The zero-order chi connectivity index (χ0) is 25.5. The summed E-state index contributed by atoms with van der Waals surface area (Å²) in [5.74, 6) is -8.97. The summed E-state index contributed by atoms with van der Waals surface area (Å²) in [5.41, 5.74) is 0.721. The third kappa shape index (κ3) is 6.03. The van der Waals surface area contributed by atoms with Crippen LogP contribution in [0.5, 0.6) is 5.75 Å². The Morgan fingerprint density at radius 3 is 1.77 bits per heavy atom. The summed E-state index contributed by atoms with van der Waals surface area (Å²) in [7, 11) is 0. The SMILES string of the molecule is CCCCCCCCCc1ccc(-c2c(CC)c(F)c(F)c([O])c2-c2cc(F)c(F)c(F)c2)cc1. The van der Waals surface area contributed by atoms with Gasteiger partial charge < -0.3 is 0 Å². The molecule has 0 saturated heterocycles. The van der Waals surface area contributed by atoms with E-state index in [9.17, 15) is 27.1 Å². The first-order chi connectivity index (χ1) is 16.8. The standard InChI is InChI=1S/C29H30F5O/c1-3-5-6-7-8-9-10-11-18-12-14-19(15-13-18)24-21(4-2)26(32)28(34)29(35)25(24)20-16-22(30)27(33)23(31)17-20/h12-17H,3-11H2,1-2H3. The van der Waals surface area contributed by atoms with Crippen molar-refractivity contribution in [3.63, 3.8) is 0 Å². The van der Waals surface area contributed by atoms with E-state index in [0.29, 0.717) is 17.7 Å². The van der Waals surface area contributed by atoms with Crippen LogP contribution in [-0.4, -0.2) is 0 Å². The van der Waals surface area contributed by atoms with Crippen LogP contribution in [-0.2, 0) is 17.9 Å². The van der Waals surface area contributed by atoms with Gasteiger partial charge in [-0.05, 0) is 59.2 Å². The zero-order valence-electron chi connectivity index (χ0n) is 20.1. The van der Waals surface area contributed by atoms with Crippen molar-refractivity contribution < 1.29 is 27.1 Å². The fourth-order valence-corrected chi connectivity index (χ4v) is 4.47.